The predicted molar refractivity (Wildman–Crippen MR) is 79.5 cm³/mol. The number of hydrogen-bond acceptors (Lipinski definition) is 4. The van der Waals surface area contributed by atoms with Crippen molar-refractivity contribution in [2.24, 2.45) is 23.0 Å². The highest BCUT2D eigenvalue weighted by Gasteiger charge is 2.60. The van der Waals surface area contributed by atoms with Crippen LogP contribution in [0.15, 0.2) is 17.8 Å². The maximum absolute atomic E-state index is 12.3. The van der Waals surface area contributed by atoms with Gasteiger partial charge in [0.25, 0.3) is 5.91 Å². The molecular formula is C14H19N3O2S. The molecule has 1 heterocycles. The normalized spacial score (nSPS) is 23.0. The van der Waals surface area contributed by atoms with E-state index in [0.29, 0.717) is 10.0 Å². The van der Waals surface area contributed by atoms with Crippen molar-refractivity contribution >= 4 is 28.3 Å². The fourth-order valence-corrected chi connectivity index (χ4v) is 3.15. The lowest BCUT2D eigenvalue weighted by atomic mass is 10.1. The van der Waals surface area contributed by atoms with Crippen LogP contribution in [0.3, 0.4) is 0 Å². The number of allylic oxidation sites excluding steroid dienone is 2. The van der Waals surface area contributed by atoms with Gasteiger partial charge in [0.1, 0.15) is 4.88 Å². The number of nitrogens with two attached hydrogens (primary N) is 1. The van der Waals surface area contributed by atoms with E-state index < -0.39 is 5.91 Å². The molecule has 3 N–H and O–H groups in total. The van der Waals surface area contributed by atoms with Crippen LogP contribution in [0.2, 0.25) is 0 Å². The minimum Gasteiger partial charge on any atom is -0.365 e. The van der Waals surface area contributed by atoms with Crippen molar-refractivity contribution in [2.45, 2.75) is 27.7 Å². The van der Waals surface area contributed by atoms with E-state index >= 15 is 0 Å². The minimum atomic E-state index is -0.530. The summed E-state index contributed by atoms with van der Waals surface area (Å²) in [5.74, 6) is -0.388. The van der Waals surface area contributed by atoms with Gasteiger partial charge in [0.2, 0.25) is 5.91 Å². The van der Waals surface area contributed by atoms with E-state index in [2.05, 4.69) is 30.2 Å². The van der Waals surface area contributed by atoms with Gasteiger partial charge in [-0.15, -0.1) is 0 Å². The largest absolute Gasteiger partial charge is 0.365 e. The van der Waals surface area contributed by atoms with Crippen LogP contribution in [0, 0.1) is 17.3 Å². The summed E-state index contributed by atoms with van der Waals surface area (Å²) in [4.78, 5) is 27.6. The quantitative estimate of drug-likeness (QED) is 0.836. The van der Waals surface area contributed by atoms with Gasteiger partial charge in [0, 0.05) is 0 Å². The number of amides is 2. The van der Waals surface area contributed by atoms with Crippen LogP contribution in [0.25, 0.3) is 0 Å². The molecule has 0 aliphatic heterocycles. The van der Waals surface area contributed by atoms with Gasteiger partial charge in [-0.05, 0) is 25.2 Å². The molecule has 1 fully saturated rings. The monoisotopic (exact) mass is 293 g/mol. The summed E-state index contributed by atoms with van der Waals surface area (Å²) < 4.78 is 0. The number of aromatic nitrogens is 1. The van der Waals surface area contributed by atoms with E-state index in [0.717, 1.165) is 11.3 Å². The van der Waals surface area contributed by atoms with E-state index in [9.17, 15) is 9.59 Å². The third kappa shape index (κ3) is 2.75. The molecule has 2 atom stereocenters. The van der Waals surface area contributed by atoms with Crippen LogP contribution in [-0.2, 0) is 4.79 Å². The van der Waals surface area contributed by atoms with Gasteiger partial charge < -0.3 is 11.1 Å². The lowest BCUT2D eigenvalue weighted by Crippen LogP contribution is -2.16. The lowest BCUT2D eigenvalue weighted by Gasteiger charge is -2.02. The fourth-order valence-electron chi connectivity index (χ4n) is 2.48. The highest BCUT2D eigenvalue weighted by molar-refractivity contribution is 7.17. The number of carbonyl (C=O) groups excluding carboxylic acids is 2. The van der Waals surface area contributed by atoms with Crippen molar-refractivity contribution in [3.05, 3.63) is 22.7 Å². The molecule has 2 unspecified atom stereocenters. The Hall–Kier alpha value is -1.69. The molecule has 1 aromatic heterocycles. The SMILES string of the molecule is CC(C)=CC1C(C(=O)Nc2ncc(C(N)=O)s2)C1(C)C. The first-order valence-electron chi connectivity index (χ1n) is 6.45. The van der Waals surface area contributed by atoms with Crippen molar-refractivity contribution in [1.82, 2.24) is 4.98 Å². The van der Waals surface area contributed by atoms with Crippen LogP contribution in [0.5, 0.6) is 0 Å². The number of nitrogens with one attached hydrogen (secondary N) is 1. The molecule has 5 nitrogen and oxygen atoms in total. The number of carbonyl (C=O) groups is 2. The second kappa shape index (κ2) is 5.01. The average molecular weight is 293 g/mol. The summed E-state index contributed by atoms with van der Waals surface area (Å²) in [5.41, 5.74) is 6.34. The standard InChI is InChI=1S/C14H19N3O2S/c1-7(2)5-8-10(14(8,3)4)12(19)17-13-16-6-9(20-13)11(15)18/h5-6,8,10H,1-4H3,(H2,15,18)(H,16,17,19). The first kappa shape index (κ1) is 14.7. The van der Waals surface area contributed by atoms with Crippen molar-refractivity contribution in [3.8, 4) is 0 Å². The number of anilines is 1. The molecule has 0 radical (unpaired) electrons. The second-order valence-corrected chi connectivity index (χ2v) is 6.98. The molecule has 0 aromatic carbocycles. The molecule has 0 bridgehead atoms. The number of primary amides is 1. The van der Waals surface area contributed by atoms with Crippen LogP contribution < -0.4 is 11.1 Å². The van der Waals surface area contributed by atoms with E-state index in [1.807, 2.05) is 13.8 Å². The summed E-state index contributed by atoms with van der Waals surface area (Å²) in [5, 5.41) is 3.19. The molecule has 0 saturated heterocycles. The van der Waals surface area contributed by atoms with Crippen molar-refractivity contribution in [1.29, 1.82) is 0 Å². The maximum Gasteiger partial charge on any atom is 0.260 e. The van der Waals surface area contributed by atoms with E-state index in [-0.39, 0.29) is 23.2 Å². The van der Waals surface area contributed by atoms with Gasteiger partial charge in [-0.1, -0.05) is 36.8 Å². The molecule has 20 heavy (non-hydrogen) atoms. The van der Waals surface area contributed by atoms with E-state index in [1.165, 1.54) is 11.8 Å². The lowest BCUT2D eigenvalue weighted by molar-refractivity contribution is -0.118. The first-order chi connectivity index (χ1) is 9.23. The number of nitrogens with zero attached hydrogens (tertiary/aromatic N) is 1. The van der Waals surface area contributed by atoms with Gasteiger partial charge in [-0.3, -0.25) is 9.59 Å². The molecule has 1 aliphatic carbocycles. The van der Waals surface area contributed by atoms with Crippen molar-refractivity contribution in [2.75, 3.05) is 5.32 Å². The van der Waals surface area contributed by atoms with E-state index in [1.54, 1.807) is 0 Å². The smallest absolute Gasteiger partial charge is 0.260 e. The molecule has 2 amide bonds. The molecule has 1 aliphatic rings. The Morgan fingerprint density at radius 2 is 2.10 bits per heavy atom. The highest BCUT2D eigenvalue weighted by Crippen LogP contribution is 2.59. The predicted octanol–water partition coefficient (Wildman–Crippen LogP) is 2.42. The minimum absolute atomic E-state index is 0.0366. The summed E-state index contributed by atoms with van der Waals surface area (Å²) in [6, 6.07) is 0. The summed E-state index contributed by atoms with van der Waals surface area (Å²) >= 11 is 1.10. The van der Waals surface area contributed by atoms with Crippen molar-refractivity contribution in [3.63, 3.8) is 0 Å². The van der Waals surface area contributed by atoms with Gasteiger partial charge in [-0.25, -0.2) is 4.98 Å². The molecule has 1 aromatic rings. The summed E-state index contributed by atoms with van der Waals surface area (Å²) in [6.45, 7) is 8.22. The van der Waals surface area contributed by atoms with Gasteiger partial charge in [0.15, 0.2) is 5.13 Å². The van der Waals surface area contributed by atoms with Crippen LogP contribution >= 0.6 is 11.3 Å². The Morgan fingerprint density at radius 3 is 2.60 bits per heavy atom. The zero-order chi connectivity index (χ0) is 15.1. The molecule has 1 saturated carbocycles. The molecular weight excluding hydrogens is 274 g/mol. The van der Waals surface area contributed by atoms with Gasteiger partial charge in [0.05, 0.1) is 12.1 Å². The Balaban J connectivity index is 2.06. The van der Waals surface area contributed by atoms with Gasteiger partial charge >= 0.3 is 0 Å². The third-order valence-electron chi connectivity index (χ3n) is 3.68. The molecule has 6 heteroatoms. The van der Waals surface area contributed by atoms with E-state index in [4.69, 9.17) is 5.73 Å². The van der Waals surface area contributed by atoms with Crippen LogP contribution in [0.1, 0.15) is 37.4 Å². The summed E-state index contributed by atoms with van der Waals surface area (Å²) in [6.07, 6.45) is 3.52. The van der Waals surface area contributed by atoms with Crippen molar-refractivity contribution < 1.29 is 9.59 Å². The van der Waals surface area contributed by atoms with Crippen LogP contribution in [0.4, 0.5) is 5.13 Å². The average Bonchev–Trinajstić information content (AvgIpc) is 2.71. The fraction of sp³-hybridized carbons (Fsp3) is 0.500. The number of thiazole rings is 1. The number of rotatable bonds is 4. The van der Waals surface area contributed by atoms with Gasteiger partial charge in [-0.2, -0.15) is 0 Å². The Labute approximate surface area is 122 Å². The number of hydrogen-bond donors (Lipinski definition) is 2. The zero-order valence-corrected chi connectivity index (χ0v) is 12.9. The molecule has 108 valence electrons. The topological polar surface area (TPSA) is 85.1 Å². The Kier molecular flexibility index (Phi) is 3.69. The van der Waals surface area contributed by atoms with Crippen LogP contribution in [-0.4, -0.2) is 16.8 Å². The third-order valence-corrected chi connectivity index (χ3v) is 4.61. The highest BCUT2D eigenvalue weighted by atomic mass is 32.1. The molecule has 0 spiro atoms. The Bertz CT molecular complexity index is 585. The summed E-state index contributed by atoms with van der Waals surface area (Å²) in [7, 11) is 0. The first-order valence-corrected chi connectivity index (χ1v) is 7.26. The zero-order valence-electron chi connectivity index (χ0n) is 12.1. The second-order valence-electron chi connectivity index (χ2n) is 5.95. The molecule has 2 rings (SSSR count). The Morgan fingerprint density at radius 1 is 1.45 bits per heavy atom. The maximum atomic E-state index is 12.3.